The smallest absolute Gasteiger partial charge is 0.474 e. The van der Waals surface area contributed by atoms with Gasteiger partial charge in [-0.3, -0.25) is 4.79 Å². The lowest BCUT2D eigenvalue weighted by atomic mass is 9.87. The summed E-state index contributed by atoms with van der Waals surface area (Å²) in [5, 5.41) is 3.09. The molecule has 1 aliphatic heterocycles. The third kappa shape index (κ3) is 6.25. The Balaban J connectivity index is 1.99. The molecule has 9 heteroatoms. The van der Waals surface area contributed by atoms with Crippen molar-refractivity contribution in [3.8, 4) is 11.6 Å². The van der Waals surface area contributed by atoms with Gasteiger partial charge in [0.2, 0.25) is 5.91 Å². The zero-order chi connectivity index (χ0) is 20.9. The molecule has 2 atom stereocenters. The van der Waals surface area contributed by atoms with Crippen molar-refractivity contribution in [2.45, 2.75) is 46.0 Å². The normalized spacial score (nSPS) is 21.2. The highest BCUT2D eigenvalue weighted by Gasteiger charge is 2.36. The fourth-order valence-corrected chi connectivity index (χ4v) is 3.18. The molecule has 28 heavy (non-hydrogen) atoms. The molecule has 6 nitrogen and oxygen atoms in total. The number of hydrogen-bond acceptors (Lipinski definition) is 5. The molecule has 0 aromatic carbocycles. The van der Waals surface area contributed by atoms with Gasteiger partial charge in [-0.2, -0.15) is 0 Å². The SMILES string of the molecule is CCC1CN(C)CCC1NC(=O)C(C)(C)COc1ncccc1OC(F)(F)F. The highest BCUT2D eigenvalue weighted by atomic mass is 19.4. The minimum Gasteiger partial charge on any atom is -0.474 e. The van der Waals surface area contributed by atoms with E-state index in [-0.39, 0.29) is 24.4 Å². The molecule has 1 aromatic rings. The molecule has 2 heterocycles. The van der Waals surface area contributed by atoms with Crippen LogP contribution in [-0.2, 0) is 4.79 Å². The first-order valence-electron chi connectivity index (χ1n) is 9.35. The van der Waals surface area contributed by atoms with Gasteiger partial charge in [0.15, 0.2) is 5.75 Å². The fraction of sp³-hybridized carbons (Fsp3) is 0.684. The van der Waals surface area contributed by atoms with Gasteiger partial charge in [0.25, 0.3) is 5.88 Å². The highest BCUT2D eigenvalue weighted by Crippen LogP contribution is 2.31. The van der Waals surface area contributed by atoms with Gasteiger partial charge in [-0.15, -0.1) is 13.2 Å². The summed E-state index contributed by atoms with van der Waals surface area (Å²) in [5.74, 6) is -0.671. The van der Waals surface area contributed by atoms with E-state index in [0.717, 1.165) is 32.0 Å². The van der Waals surface area contributed by atoms with E-state index >= 15 is 0 Å². The number of halogens is 3. The van der Waals surface area contributed by atoms with Crippen LogP contribution in [0.2, 0.25) is 0 Å². The first-order chi connectivity index (χ1) is 13.0. The number of likely N-dealkylation sites (tertiary alicyclic amines) is 1. The van der Waals surface area contributed by atoms with E-state index in [1.54, 1.807) is 13.8 Å². The van der Waals surface area contributed by atoms with Crippen LogP contribution in [0.15, 0.2) is 18.3 Å². The third-order valence-electron chi connectivity index (χ3n) is 4.92. The number of amides is 1. The number of carbonyl (C=O) groups excluding carboxylic acids is 1. The van der Waals surface area contributed by atoms with Gasteiger partial charge in [-0.05, 0) is 51.9 Å². The van der Waals surface area contributed by atoms with E-state index in [1.807, 2.05) is 0 Å². The number of rotatable bonds is 7. The number of nitrogens with one attached hydrogen (secondary N) is 1. The minimum absolute atomic E-state index is 0.0759. The summed E-state index contributed by atoms with van der Waals surface area (Å²) in [4.78, 5) is 18.8. The Hall–Kier alpha value is -2.03. The average molecular weight is 403 g/mol. The molecular weight excluding hydrogens is 375 g/mol. The van der Waals surface area contributed by atoms with Gasteiger partial charge >= 0.3 is 6.36 Å². The topological polar surface area (TPSA) is 63.7 Å². The molecule has 158 valence electrons. The van der Waals surface area contributed by atoms with E-state index in [0.29, 0.717) is 5.92 Å². The third-order valence-corrected chi connectivity index (χ3v) is 4.92. The maximum absolute atomic E-state index is 12.8. The lowest BCUT2D eigenvalue weighted by Gasteiger charge is -2.38. The van der Waals surface area contributed by atoms with Gasteiger partial charge in [-0.25, -0.2) is 4.98 Å². The van der Waals surface area contributed by atoms with Crippen molar-refractivity contribution in [2.75, 3.05) is 26.7 Å². The molecule has 1 amide bonds. The molecule has 2 rings (SSSR count). The van der Waals surface area contributed by atoms with Crippen molar-refractivity contribution in [2.24, 2.45) is 11.3 Å². The van der Waals surface area contributed by atoms with Crippen LogP contribution in [-0.4, -0.2) is 54.9 Å². The average Bonchev–Trinajstić information content (AvgIpc) is 2.61. The van der Waals surface area contributed by atoms with Crippen molar-refractivity contribution in [1.82, 2.24) is 15.2 Å². The first kappa shape index (κ1) is 22.3. The van der Waals surface area contributed by atoms with Crippen LogP contribution >= 0.6 is 0 Å². The molecule has 2 unspecified atom stereocenters. The van der Waals surface area contributed by atoms with Gasteiger partial charge in [0.1, 0.15) is 6.61 Å². The fourth-order valence-electron chi connectivity index (χ4n) is 3.18. The van der Waals surface area contributed by atoms with Crippen molar-refractivity contribution >= 4 is 5.91 Å². The number of piperidine rings is 1. The van der Waals surface area contributed by atoms with Crippen LogP contribution in [0.5, 0.6) is 11.6 Å². The van der Waals surface area contributed by atoms with E-state index in [4.69, 9.17) is 4.74 Å². The van der Waals surface area contributed by atoms with Gasteiger partial charge in [0.05, 0.1) is 5.41 Å². The maximum atomic E-state index is 12.8. The number of carbonyl (C=O) groups is 1. The lowest BCUT2D eigenvalue weighted by molar-refractivity contribution is -0.275. The van der Waals surface area contributed by atoms with Crippen LogP contribution in [0, 0.1) is 11.3 Å². The minimum atomic E-state index is -4.85. The number of alkyl halides is 3. The second-order valence-corrected chi connectivity index (χ2v) is 7.83. The Labute approximate surface area is 163 Å². The van der Waals surface area contributed by atoms with Crippen LogP contribution in [0.4, 0.5) is 13.2 Å². The Kier molecular flexibility index (Phi) is 7.14. The second-order valence-electron chi connectivity index (χ2n) is 7.83. The Morgan fingerprint density at radius 2 is 2.11 bits per heavy atom. The van der Waals surface area contributed by atoms with E-state index in [2.05, 4.69) is 33.9 Å². The zero-order valence-electron chi connectivity index (χ0n) is 16.7. The summed E-state index contributed by atoms with van der Waals surface area (Å²) in [5.41, 5.74) is -0.950. The summed E-state index contributed by atoms with van der Waals surface area (Å²) in [6.07, 6.45) is -1.73. The highest BCUT2D eigenvalue weighted by molar-refractivity contribution is 5.82. The van der Waals surface area contributed by atoms with Crippen molar-refractivity contribution < 1.29 is 27.4 Å². The molecular formula is C19H28F3N3O3. The Bertz CT molecular complexity index is 667. The molecule has 0 aliphatic carbocycles. The largest absolute Gasteiger partial charge is 0.573 e. The second kappa shape index (κ2) is 8.98. The van der Waals surface area contributed by atoms with Crippen LogP contribution in [0.25, 0.3) is 0 Å². The Morgan fingerprint density at radius 3 is 2.75 bits per heavy atom. The predicted octanol–water partition coefficient (Wildman–Crippen LogP) is 3.23. The number of hydrogen-bond donors (Lipinski definition) is 1. The number of ether oxygens (including phenoxy) is 2. The molecule has 0 spiro atoms. The monoisotopic (exact) mass is 403 g/mol. The molecule has 1 aromatic heterocycles. The van der Waals surface area contributed by atoms with E-state index in [1.165, 1.54) is 12.3 Å². The summed E-state index contributed by atoms with van der Waals surface area (Å²) in [6, 6.07) is 2.51. The number of nitrogens with zero attached hydrogens (tertiary/aromatic N) is 2. The zero-order valence-corrected chi connectivity index (χ0v) is 16.7. The predicted molar refractivity (Wildman–Crippen MR) is 98.0 cm³/mol. The summed E-state index contributed by atoms with van der Waals surface area (Å²) >= 11 is 0. The molecule has 0 bridgehead atoms. The number of aromatic nitrogens is 1. The summed E-state index contributed by atoms with van der Waals surface area (Å²) in [7, 11) is 2.06. The summed E-state index contributed by atoms with van der Waals surface area (Å²) in [6.45, 7) is 7.17. The van der Waals surface area contributed by atoms with Gasteiger partial charge in [0, 0.05) is 18.8 Å². The van der Waals surface area contributed by atoms with Crippen LogP contribution in [0.1, 0.15) is 33.6 Å². The van der Waals surface area contributed by atoms with E-state index in [9.17, 15) is 18.0 Å². The van der Waals surface area contributed by atoms with Crippen molar-refractivity contribution in [1.29, 1.82) is 0 Å². The van der Waals surface area contributed by atoms with Crippen LogP contribution in [0.3, 0.4) is 0 Å². The molecule has 1 N–H and O–H groups in total. The summed E-state index contributed by atoms with van der Waals surface area (Å²) < 4.78 is 46.9. The van der Waals surface area contributed by atoms with Crippen molar-refractivity contribution in [3.05, 3.63) is 18.3 Å². The molecule has 0 radical (unpaired) electrons. The van der Waals surface area contributed by atoms with Gasteiger partial charge < -0.3 is 19.7 Å². The van der Waals surface area contributed by atoms with Crippen molar-refractivity contribution in [3.63, 3.8) is 0 Å². The first-order valence-corrected chi connectivity index (χ1v) is 9.35. The van der Waals surface area contributed by atoms with E-state index < -0.39 is 17.5 Å². The number of pyridine rings is 1. The molecule has 1 saturated heterocycles. The van der Waals surface area contributed by atoms with Crippen LogP contribution < -0.4 is 14.8 Å². The lowest BCUT2D eigenvalue weighted by Crippen LogP contribution is -2.53. The standard InChI is InChI=1S/C19H28F3N3O3/c1-5-13-11-25(4)10-8-14(13)24-17(26)18(2,3)12-27-16-15(7-6-9-23-16)28-19(20,21)22/h6-7,9,13-14H,5,8,10-12H2,1-4H3,(H,24,26). The quantitative estimate of drug-likeness (QED) is 0.757. The van der Waals surface area contributed by atoms with Gasteiger partial charge in [-0.1, -0.05) is 13.3 Å². The Morgan fingerprint density at radius 1 is 1.39 bits per heavy atom. The molecule has 0 saturated carbocycles. The molecule has 1 fully saturated rings. The molecule has 1 aliphatic rings. The maximum Gasteiger partial charge on any atom is 0.573 e.